The first-order chi connectivity index (χ1) is 22.6. The summed E-state index contributed by atoms with van der Waals surface area (Å²) in [5.41, 5.74) is 8.33. The Morgan fingerprint density at radius 2 is 0.957 bits per heavy atom. The topological polar surface area (TPSA) is 17.1 Å². The van der Waals surface area contributed by atoms with Crippen LogP contribution in [0.4, 0.5) is 0 Å². The quantitative estimate of drug-likeness (QED) is 0.0949. The fourth-order valence-electron chi connectivity index (χ4n) is 8.83. The molecule has 0 aliphatic heterocycles. The maximum Gasteiger partial charge on any atom is 0.166 e. The molecule has 1 atom stereocenters. The summed E-state index contributed by atoms with van der Waals surface area (Å²) in [6, 6.07) is 14.1. The van der Waals surface area contributed by atoms with Crippen molar-refractivity contribution in [3.05, 3.63) is 58.7 Å². The minimum atomic E-state index is 0.0735. The molecule has 0 heterocycles. The van der Waals surface area contributed by atoms with Crippen LogP contribution in [0.25, 0.3) is 11.1 Å². The van der Waals surface area contributed by atoms with Crippen LogP contribution in [-0.4, -0.2) is 5.78 Å². The number of unbranched alkanes of at least 4 members (excludes halogenated alkanes) is 22. The molecule has 1 unspecified atom stereocenters. The monoisotopic (exact) mass is 627 g/mol. The molecule has 0 fully saturated rings. The number of benzene rings is 2. The van der Waals surface area contributed by atoms with Crippen molar-refractivity contribution in [2.24, 2.45) is 5.92 Å². The number of carbonyl (C=O) groups is 1. The molecule has 46 heavy (non-hydrogen) atoms. The number of ketones is 1. The van der Waals surface area contributed by atoms with Gasteiger partial charge in [-0.05, 0) is 53.1 Å². The van der Waals surface area contributed by atoms with E-state index in [1.807, 2.05) is 0 Å². The summed E-state index contributed by atoms with van der Waals surface area (Å²) in [7, 11) is 0. The molecule has 0 aromatic heterocycles. The van der Waals surface area contributed by atoms with Crippen LogP contribution in [0.15, 0.2) is 36.4 Å². The lowest BCUT2D eigenvalue weighted by molar-refractivity contribution is 0.0946. The van der Waals surface area contributed by atoms with Crippen LogP contribution < -0.4 is 0 Å². The van der Waals surface area contributed by atoms with E-state index in [9.17, 15) is 4.79 Å². The third-order valence-electron chi connectivity index (χ3n) is 11.6. The lowest BCUT2D eigenvalue weighted by Crippen LogP contribution is -2.26. The van der Waals surface area contributed by atoms with Gasteiger partial charge in [-0.3, -0.25) is 4.79 Å². The van der Waals surface area contributed by atoms with Gasteiger partial charge in [-0.25, -0.2) is 0 Å². The van der Waals surface area contributed by atoms with Crippen molar-refractivity contribution in [2.75, 3.05) is 0 Å². The Hall–Kier alpha value is -1.89. The molecule has 2 aromatic rings. The van der Waals surface area contributed by atoms with Crippen molar-refractivity contribution in [1.29, 1.82) is 0 Å². The highest BCUT2D eigenvalue weighted by Gasteiger charge is 2.43. The van der Waals surface area contributed by atoms with Gasteiger partial charge in [0.2, 0.25) is 0 Å². The fourth-order valence-corrected chi connectivity index (χ4v) is 8.83. The molecule has 0 N–H and O–H groups in total. The number of fused-ring (bicyclic) bond motifs is 4. The highest BCUT2D eigenvalue weighted by molar-refractivity contribution is 6.03. The Morgan fingerprint density at radius 3 is 1.43 bits per heavy atom. The first-order valence-corrected chi connectivity index (χ1v) is 20.4. The SMILES string of the molecule is CCCCCCCCCCCCCCC1(CCCCCCCCCCCCCC)c2ccccc2-c2cc3c(cc21)C(=O)C(C)C3. The summed E-state index contributed by atoms with van der Waals surface area (Å²) in [6.07, 6.45) is 36.8. The molecule has 0 saturated carbocycles. The number of hydrogen-bond acceptors (Lipinski definition) is 1. The second kappa shape index (κ2) is 20.5. The molecular formula is C45H70O. The van der Waals surface area contributed by atoms with Gasteiger partial charge in [0.1, 0.15) is 0 Å². The Labute approximate surface area is 285 Å². The zero-order valence-corrected chi connectivity index (χ0v) is 30.5. The largest absolute Gasteiger partial charge is 0.294 e. The molecule has 0 saturated heterocycles. The smallest absolute Gasteiger partial charge is 0.166 e. The second-order valence-corrected chi connectivity index (χ2v) is 15.4. The van der Waals surface area contributed by atoms with Crippen molar-refractivity contribution in [1.82, 2.24) is 0 Å². The van der Waals surface area contributed by atoms with Crippen LogP contribution in [0, 0.1) is 5.92 Å². The van der Waals surface area contributed by atoms with Gasteiger partial charge in [0, 0.05) is 16.9 Å². The maximum atomic E-state index is 13.2. The van der Waals surface area contributed by atoms with Gasteiger partial charge in [-0.15, -0.1) is 0 Å². The third kappa shape index (κ3) is 10.3. The first-order valence-electron chi connectivity index (χ1n) is 20.4. The first kappa shape index (κ1) is 36.9. The van der Waals surface area contributed by atoms with Crippen LogP contribution >= 0.6 is 0 Å². The van der Waals surface area contributed by atoms with E-state index in [-0.39, 0.29) is 11.3 Å². The van der Waals surface area contributed by atoms with Crippen molar-refractivity contribution < 1.29 is 4.79 Å². The highest BCUT2D eigenvalue weighted by Crippen LogP contribution is 2.55. The lowest BCUT2D eigenvalue weighted by Gasteiger charge is -2.33. The molecule has 1 heteroatoms. The average molecular weight is 627 g/mol. The molecule has 2 aliphatic carbocycles. The number of Topliss-reactive ketones (excluding diaryl/α,β-unsaturated/α-hetero) is 1. The summed E-state index contributed by atoms with van der Waals surface area (Å²) in [5.74, 6) is 0.508. The summed E-state index contributed by atoms with van der Waals surface area (Å²) in [4.78, 5) is 13.2. The summed E-state index contributed by atoms with van der Waals surface area (Å²) >= 11 is 0. The van der Waals surface area contributed by atoms with Crippen molar-refractivity contribution in [3.63, 3.8) is 0 Å². The van der Waals surface area contributed by atoms with Crippen LogP contribution in [-0.2, 0) is 11.8 Å². The number of rotatable bonds is 26. The summed E-state index contributed by atoms with van der Waals surface area (Å²) in [6.45, 7) is 6.73. The number of carbonyl (C=O) groups excluding carboxylic acids is 1. The molecular weight excluding hydrogens is 556 g/mol. The maximum absolute atomic E-state index is 13.2. The molecule has 256 valence electrons. The zero-order valence-electron chi connectivity index (χ0n) is 30.5. The predicted octanol–water partition coefficient (Wildman–Crippen LogP) is 14.5. The van der Waals surface area contributed by atoms with Crippen LogP contribution in [0.1, 0.15) is 215 Å². The van der Waals surface area contributed by atoms with E-state index >= 15 is 0 Å². The summed E-state index contributed by atoms with van der Waals surface area (Å²) < 4.78 is 0. The standard InChI is InChI=1S/C45H70O/c1-4-6-8-10-12-14-16-18-20-22-24-28-32-45(33-29-25-23-21-19-17-15-13-11-9-7-5-2)42-31-27-26-30-39(42)41-35-38-34-37(3)44(46)40(38)36-43(41)45/h26-27,30-31,35-37H,4-25,28-29,32-34H2,1-3H3. The molecule has 2 aromatic carbocycles. The normalized spacial score (nSPS) is 16.2. The van der Waals surface area contributed by atoms with Crippen molar-refractivity contribution in [2.45, 2.75) is 200 Å². The van der Waals surface area contributed by atoms with E-state index in [0.29, 0.717) is 5.78 Å². The predicted molar refractivity (Wildman–Crippen MR) is 201 cm³/mol. The van der Waals surface area contributed by atoms with E-state index in [4.69, 9.17) is 0 Å². The summed E-state index contributed by atoms with van der Waals surface area (Å²) in [5, 5.41) is 0. The van der Waals surface area contributed by atoms with Gasteiger partial charge in [0.25, 0.3) is 0 Å². The molecule has 2 aliphatic rings. The van der Waals surface area contributed by atoms with E-state index in [0.717, 1.165) is 12.0 Å². The third-order valence-corrected chi connectivity index (χ3v) is 11.6. The van der Waals surface area contributed by atoms with Gasteiger partial charge < -0.3 is 0 Å². The van der Waals surface area contributed by atoms with E-state index < -0.39 is 0 Å². The highest BCUT2D eigenvalue weighted by atomic mass is 16.1. The molecule has 4 rings (SSSR count). The second-order valence-electron chi connectivity index (χ2n) is 15.4. The van der Waals surface area contributed by atoms with E-state index in [1.54, 1.807) is 5.56 Å². The van der Waals surface area contributed by atoms with Crippen LogP contribution in [0.2, 0.25) is 0 Å². The van der Waals surface area contributed by atoms with E-state index in [2.05, 4.69) is 57.2 Å². The zero-order chi connectivity index (χ0) is 32.5. The van der Waals surface area contributed by atoms with Crippen LogP contribution in [0.3, 0.4) is 0 Å². The van der Waals surface area contributed by atoms with Crippen molar-refractivity contribution >= 4 is 5.78 Å². The van der Waals surface area contributed by atoms with Gasteiger partial charge >= 0.3 is 0 Å². The molecule has 0 bridgehead atoms. The number of hydrogen-bond donors (Lipinski definition) is 0. The average Bonchev–Trinajstić information content (AvgIpc) is 3.50. The minimum absolute atomic E-state index is 0.0735. The molecule has 0 amide bonds. The lowest BCUT2D eigenvalue weighted by atomic mass is 9.70. The molecule has 0 spiro atoms. The fraction of sp³-hybridized carbons (Fsp3) is 0.711. The molecule has 1 nitrogen and oxygen atoms in total. The van der Waals surface area contributed by atoms with E-state index in [1.165, 1.54) is 189 Å². The Kier molecular flexibility index (Phi) is 16.4. The van der Waals surface area contributed by atoms with Gasteiger partial charge in [-0.1, -0.05) is 205 Å². The Balaban J connectivity index is 1.33. The molecule has 0 radical (unpaired) electrons. The van der Waals surface area contributed by atoms with Crippen molar-refractivity contribution in [3.8, 4) is 11.1 Å². The Morgan fingerprint density at radius 1 is 0.522 bits per heavy atom. The Bertz CT molecular complexity index is 1130. The minimum Gasteiger partial charge on any atom is -0.294 e. The van der Waals surface area contributed by atoms with Gasteiger partial charge in [-0.2, -0.15) is 0 Å². The van der Waals surface area contributed by atoms with Crippen LogP contribution in [0.5, 0.6) is 0 Å². The van der Waals surface area contributed by atoms with Gasteiger partial charge in [0.15, 0.2) is 5.78 Å². The van der Waals surface area contributed by atoms with Gasteiger partial charge in [0.05, 0.1) is 0 Å².